The van der Waals surface area contributed by atoms with Crippen molar-refractivity contribution in [2.45, 2.75) is 13.3 Å². The van der Waals surface area contributed by atoms with E-state index in [9.17, 15) is 14.4 Å². The standard InChI is InChI=1S/C29H22N2O4S2/c1-2-35-28(34)22-16-18(15-17-9-4-3-5-10-17)37-27(22)31-29(36)30-23-14-8-13-21-24(23)26(33)20-12-7-6-11-19(20)25(21)32/h3-14,16H,2,15H2,1H3,(H2,30,31,36). The molecule has 1 aliphatic carbocycles. The molecule has 0 bridgehead atoms. The summed E-state index contributed by atoms with van der Waals surface area (Å²) in [5, 5.41) is 6.88. The Morgan fingerprint density at radius 2 is 1.54 bits per heavy atom. The number of thiophene rings is 1. The van der Waals surface area contributed by atoms with E-state index in [1.807, 2.05) is 36.4 Å². The number of carbonyl (C=O) groups excluding carboxylic acids is 3. The fourth-order valence-corrected chi connectivity index (χ4v) is 5.65. The number of hydrogen-bond donors (Lipinski definition) is 2. The van der Waals surface area contributed by atoms with Crippen LogP contribution in [0.4, 0.5) is 10.7 Å². The van der Waals surface area contributed by atoms with E-state index in [0.29, 0.717) is 39.4 Å². The Hall–Kier alpha value is -4.14. The minimum atomic E-state index is -0.446. The van der Waals surface area contributed by atoms with Crippen LogP contribution in [0.25, 0.3) is 0 Å². The van der Waals surface area contributed by atoms with Crippen LogP contribution in [0, 0.1) is 0 Å². The second kappa shape index (κ2) is 10.5. The minimum Gasteiger partial charge on any atom is -0.462 e. The van der Waals surface area contributed by atoms with E-state index < -0.39 is 5.97 Å². The summed E-state index contributed by atoms with van der Waals surface area (Å²) in [6, 6.07) is 23.6. The van der Waals surface area contributed by atoms with Crippen LogP contribution in [-0.2, 0) is 11.2 Å². The lowest BCUT2D eigenvalue weighted by Crippen LogP contribution is -2.25. The zero-order valence-electron chi connectivity index (χ0n) is 19.9. The van der Waals surface area contributed by atoms with Gasteiger partial charge in [-0.15, -0.1) is 11.3 Å². The van der Waals surface area contributed by atoms with Crippen LogP contribution < -0.4 is 10.6 Å². The Labute approximate surface area is 223 Å². The smallest absolute Gasteiger partial charge is 0.341 e. The Morgan fingerprint density at radius 3 is 2.27 bits per heavy atom. The quantitative estimate of drug-likeness (QED) is 0.204. The van der Waals surface area contributed by atoms with Crippen molar-refractivity contribution in [2.75, 3.05) is 17.2 Å². The number of esters is 1. The Morgan fingerprint density at radius 1 is 0.865 bits per heavy atom. The number of ether oxygens (including phenoxy) is 1. The maximum absolute atomic E-state index is 13.3. The molecule has 37 heavy (non-hydrogen) atoms. The molecule has 0 fully saturated rings. The van der Waals surface area contributed by atoms with E-state index in [4.69, 9.17) is 17.0 Å². The Bertz CT molecular complexity index is 1540. The molecule has 184 valence electrons. The predicted octanol–water partition coefficient (Wildman–Crippen LogP) is 6.10. The van der Waals surface area contributed by atoms with Gasteiger partial charge in [-0.3, -0.25) is 9.59 Å². The second-order valence-electron chi connectivity index (χ2n) is 8.35. The predicted molar refractivity (Wildman–Crippen MR) is 149 cm³/mol. The van der Waals surface area contributed by atoms with Gasteiger partial charge in [-0.05, 0) is 36.8 Å². The first kappa shape index (κ1) is 24.5. The van der Waals surface area contributed by atoms with E-state index in [-0.39, 0.29) is 28.8 Å². The molecule has 3 aromatic carbocycles. The van der Waals surface area contributed by atoms with Crippen LogP contribution in [-0.4, -0.2) is 29.3 Å². The van der Waals surface area contributed by atoms with E-state index in [1.165, 1.54) is 11.3 Å². The van der Waals surface area contributed by atoms with Crippen molar-refractivity contribution in [2.24, 2.45) is 0 Å². The molecule has 6 nitrogen and oxygen atoms in total. The van der Waals surface area contributed by atoms with E-state index in [0.717, 1.165) is 10.4 Å². The van der Waals surface area contributed by atoms with Crippen molar-refractivity contribution in [1.29, 1.82) is 0 Å². The summed E-state index contributed by atoms with van der Waals surface area (Å²) in [7, 11) is 0. The van der Waals surface area contributed by atoms with Crippen molar-refractivity contribution in [3.8, 4) is 0 Å². The first-order chi connectivity index (χ1) is 18.0. The zero-order chi connectivity index (χ0) is 25.9. The first-order valence-corrected chi connectivity index (χ1v) is 12.9. The average molecular weight is 527 g/mol. The summed E-state index contributed by atoms with van der Waals surface area (Å²) < 4.78 is 5.25. The molecule has 0 amide bonds. The van der Waals surface area contributed by atoms with Gasteiger partial charge >= 0.3 is 5.97 Å². The zero-order valence-corrected chi connectivity index (χ0v) is 21.5. The number of anilines is 2. The van der Waals surface area contributed by atoms with Gasteiger partial charge in [-0.2, -0.15) is 0 Å². The lowest BCUT2D eigenvalue weighted by molar-refractivity contribution is 0.0528. The molecular formula is C29H22N2O4S2. The van der Waals surface area contributed by atoms with Crippen LogP contribution in [0.5, 0.6) is 0 Å². The van der Waals surface area contributed by atoms with Crippen molar-refractivity contribution in [3.63, 3.8) is 0 Å². The van der Waals surface area contributed by atoms with Gasteiger partial charge in [0.25, 0.3) is 0 Å². The third-order valence-electron chi connectivity index (χ3n) is 5.93. The molecule has 0 radical (unpaired) electrons. The molecule has 0 atom stereocenters. The lowest BCUT2D eigenvalue weighted by atomic mass is 9.83. The summed E-state index contributed by atoms with van der Waals surface area (Å²) in [5.74, 6) is -0.899. The fourth-order valence-electron chi connectivity index (χ4n) is 4.29. The summed E-state index contributed by atoms with van der Waals surface area (Å²) in [5.41, 5.74) is 3.27. The van der Waals surface area contributed by atoms with Crippen LogP contribution in [0.1, 0.15) is 59.6 Å². The number of ketones is 2. The van der Waals surface area contributed by atoms with Gasteiger partial charge in [0, 0.05) is 28.0 Å². The molecular weight excluding hydrogens is 504 g/mol. The first-order valence-electron chi connectivity index (χ1n) is 11.7. The monoisotopic (exact) mass is 526 g/mol. The van der Waals surface area contributed by atoms with Gasteiger partial charge in [-0.1, -0.05) is 66.7 Å². The highest BCUT2D eigenvalue weighted by atomic mass is 32.1. The van der Waals surface area contributed by atoms with Crippen LogP contribution in [0.15, 0.2) is 78.9 Å². The average Bonchev–Trinajstić information content (AvgIpc) is 3.29. The van der Waals surface area contributed by atoms with Gasteiger partial charge in [0.05, 0.1) is 23.4 Å². The normalized spacial score (nSPS) is 11.9. The van der Waals surface area contributed by atoms with Gasteiger partial charge in [0.1, 0.15) is 5.00 Å². The number of fused-ring (bicyclic) bond motifs is 2. The van der Waals surface area contributed by atoms with E-state index >= 15 is 0 Å². The van der Waals surface area contributed by atoms with Gasteiger partial charge in [0.15, 0.2) is 16.7 Å². The number of thiocarbonyl (C=S) groups is 1. The number of benzene rings is 3. The Kier molecular flexibility index (Phi) is 6.94. The third-order valence-corrected chi connectivity index (χ3v) is 7.18. The number of rotatable bonds is 6. The SMILES string of the molecule is CCOC(=O)c1cc(Cc2ccccc2)sc1NC(=S)Nc1cccc2c1C(=O)c1ccccc1C2=O. The topological polar surface area (TPSA) is 84.5 Å². The number of nitrogens with one attached hydrogen (secondary N) is 2. The molecule has 1 aromatic heterocycles. The summed E-state index contributed by atoms with van der Waals surface area (Å²) in [6.07, 6.45) is 0.655. The fraction of sp³-hybridized carbons (Fsp3) is 0.103. The maximum atomic E-state index is 13.3. The summed E-state index contributed by atoms with van der Waals surface area (Å²) in [6.45, 7) is 2.00. The molecule has 8 heteroatoms. The number of hydrogen-bond acceptors (Lipinski definition) is 6. The van der Waals surface area contributed by atoms with E-state index in [1.54, 1.807) is 49.4 Å². The van der Waals surface area contributed by atoms with Crippen molar-refractivity contribution >= 4 is 56.9 Å². The minimum absolute atomic E-state index is 0.186. The highest BCUT2D eigenvalue weighted by molar-refractivity contribution is 7.80. The van der Waals surface area contributed by atoms with Crippen LogP contribution in [0.2, 0.25) is 0 Å². The molecule has 0 saturated carbocycles. The van der Waals surface area contributed by atoms with E-state index in [2.05, 4.69) is 10.6 Å². The largest absolute Gasteiger partial charge is 0.462 e. The van der Waals surface area contributed by atoms with Gasteiger partial charge < -0.3 is 15.4 Å². The molecule has 0 unspecified atom stereocenters. The molecule has 5 rings (SSSR count). The molecule has 4 aromatic rings. The van der Waals surface area contributed by atoms with Gasteiger partial charge in [-0.25, -0.2) is 4.79 Å². The molecule has 1 heterocycles. The third kappa shape index (κ3) is 4.94. The lowest BCUT2D eigenvalue weighted by Gasteiger charge is -2.21. The molecule has 2 N–H and O–H groups in total. The maximum Gasteiger partial charge on any atom is 0.341 e. The molecule has 1 aliphatic rings. The van der Waals surface area contributed by atoms with Crippen LogP contribution >= 0.6 is 23.6 Å². The molecule has 0 aliphatic heterocycles. The highest BCUT2D eigenvalue weighted by Crippen LogP contribution is 2.33. The Balaban J connectivity index is 1.41. The van der Waals surface area contributed by atoms with Crippen LogP contribution in [0.3, 0.4) is 0 Å². The summed E-state index contributed by atoms with van der Waals surface area (Å²) in [4.78, 5) is 40.0. The highest BCUT2D eigenvalue weighted by Gasteiger charge is 2.31. The molecule has 0 saturated heterocycles. The molecule has 0 spiro atoms. The summed E-state index contributed by atoms with van der Waals surface area (Å²) >= 11 is 6.96. The van der Waals surface area contributed by atoms with Crippen molar-refractivity contribution in [3.05, 3.63) is 117 Å². The second-order valence-corrected chi connectivity index (χ2v) is 9.89. The van der Waals surface area contributed by atoms with Crippen molar-refractivity contribution < 1.29 is 19.1 Å². The number of carbonyl (C=O) groups is 3. The van der Waals surface area contributed by atoms with Gasteiger partial charge in [0.2, 0.25) is 0 Å². The van der Waals surface area contributed by atoms with Crippen molar-refractivity contribution in [1.82, 2.24) is 0 Å².